The third kappa shape index (κ3) is 2.92. The summed E-state index contributed by atoms with van der Waals surface area (Å²) in [6, 6.07) is 0.548. The Labute approximate surface area is 92.2 Å². The van der Waals surface area contributed by atoms with E-state index in [0.717, 1.165) is 19.4 Å². The summed E-state index contributed by atoms with van der Waals surface area (Å²) in [6.07, 6.45) is 7.10. The molecule has 15 heavy (non-hydrogen) atoms. The fourth-order valence-electron chi connectivity index (χ4n) is 2.91. The Bertz CT molecular complexity index is 200. The first-order valence-electron chi connectivity index (χ1n) is 6.26. The molecule has 1 aliphatic carbocycles. The number of ether oxygens (including phenoxy) is 1. The minimum absolute atomic E-state index is 0.189. The van der Waals surface area contributed by atoms with Crippen molar-refractivity contribution in [1.29, 1.82) is 0 Å². The highest BCUT2D eigenvalue weighted by Crippen LogP contribution is 2.39. The summed E-state index contributed by atoms with van der Waals surface area (Å²) in [4.78, 5) is 0. The van der Waals surface area contributed by atoms with Gasteiger partial charge in [0, 0.05) is 19.2 Å². The van der Waals surface area contributed by atoms with Gasteiger partial charge >= 0.3 is 0 Å². The van der Waals surface area contributed by atoms with Crippen LogP contribution in [0.2, 0.25) is 0 Å². The molecule has 2 rings (SSSR count). The van der Waals surface area contributed by atoms with Crippen LogP contribution >= 0.6 is 0 Å². The molecule has 2 fully saturated rings. The van der Waals surface area contributed by atoms with Crippen molar-refractivity contribution in [3.63, 3.8) is 0 Å². The number of rotatable bonds is 3. The normalized spacial score (nSPS) is 32.0. The minimum atomic E-state index is -0.243. The van der Waals surface area contributed by atoms with Gasteiger partial charge < -0.3 is 15.2 Å². The van der Waals surface area contributed by atoms with Crippen molar-refractivity contribution in [2.45, 2.75) is 63.2 Å². The predicted octanol–water partition coefficient (Wildman–Crippen LogP) is 1.45. The van der Waals surface area contributed by atoms with Crippen molar-refractivity contribution in [2.75, 3.05) is 13.2 Å². The highest BCUT2D eigenvalue weighted by atomic mass is 16.5. The maximum atomic E-state index is 9.25. The van der Waals surface area contributed by atoms with Crippen LogP contribution < -0.4 is 5.32 Å². The molecule has 88 valence electrons. The van der Waals surface area contributed by atoms with Crippen LogP contribution in [0.4, 0.5) is 0 Å². The summed E-state index contributed by atoms with van der Waals surface area (Å²) < 4.78 is 5.96. The van der Waals surface area contributed by atoms with E-state index in [2.05, 4.69) is 5.32 Å². The molecule has 1 saturated carbocycles. The molecule has 0 radical (unpaired) electrons. The van der Waals surface area contributed by atoms with Crippen LogP contribution in [0, 0.1) is 0 Å². The maximum Gasteiger partial charge on any atom is 0.0697 e. The van der Waals surface area contributed by atoms with Crippen molar-refractivity contribution >= 4 is 0 Å². The third-order valence-electron chi connectivity index (χ3n) is 3.71. The fourth-order valence-corrected chi connectivity index (χ4v) is 2.91. The number of nitrogens with one attached hydrogen (secondary N) is 1. The molecule has 1 spiro atoms. The van der Waals surface area contributed by atoms with E-state index in [1.165, 1.54) is 25.7 Å². The SMILES string of the molecule is CC(O)CNC1CCOC2(CCCC2)C1. The van der Waals surface area contributed by atoms with Crippen LogP contribution in [0.25, 0.3) is 0 Å². The first-order chi connectivity index (χ1) is 7.20. The number of hydrogen-bond donors (Lipinski definition) is 2. The topological polar surface area (TPSA) is 41.5 Å². The average molecular weight is 213 g/mol. The second-order valence-electron chi connectivity index (χ2n) is 5.19. The predicted molar refractivity (Wildman–Crippen MR) is 59.9 cm³/mol. The van der Waals surface area contributed by atoms with E-state index in [9.17, 15) is 5.11 Å². The number of aliphatic hydroxyl groups is 1. The van der Waals surface area contributed by atoms with Crippen LogP contribution in [-0.2, 0) is 4.74 Å². The van der Waals surface area contributed by atoms with E-state index >= 15 is 0 Å². The van der Waals surface area contributed by atoms with Crippen molar-refractivity contribution in [2.24, 2.45) is 0 Å². The smallest absolute Gasteiger partial charge is 0.0697 e. The summed E-state index contributed by atoms with van der Waals surface area (Å²) in [6.45, 7) is 3.43. The molecule has 1 saturated heterocycles. The molecule has 1 heterocycles. The molecule has 2 unspecified atom stereocenters. The Morgan fingerprint density at radius 2 is 2.20 bits per heavy atom. The quantitative estimate of drug-likeness (QED) is 0.745. The van der Waals surface area contributed by atoms with Gasteiger partial charge in [0.15, 0.2) is 0 Å². The molecule has 0 bridgehead atoms. The van der Waals surface area contributed by atoms with Crippen molar-refractivity contribution in [1.82, 2.24) is 5.32 Å². The molecule has 2 N–H and O–H groups in total. The summed E-state index contributed by atoms with van der Waals surface area (Å²) in [5.41, 5.74) is 0.189. The molecular weight excluding hydrogens is 190 g/mol. The van der Waals surface area contributed by atoms with Crippen LogP contribution in [-0.4, -0.2) is 36.0 Å². The zero-order chi connectivity index (χ0) is 10.7. The van der Waals surface area contributed by atoms with Crippen LogP contribution in [0.15, 0.2) is 0 Å². The monoisotopic (exact) mass is 213 g/mol. The molecule has 0 aromatic rings. The van der Waals surface area contributed by atoms with Gasteiger partial charge in [-0.3, -0.25) is 0 Å². The van der Waals surface area contributed by atoms with E-state index in [-0.39, 0.29) is 11.7 Å². The van der Waals surface area contributed by atoms with Gasteiger partial charge in [-0.25, -0.2) is 0 Å². The minimum Gasteiger partial charge on any atom is -0.392 e. The molecule has 2 aliphatic rings. The highest BCUT2D eigenvalue weighted by molar-refractivity contribution is 4.93. The molecule has 3 heteroatoms. The molecule has 0 amide bonds. The van der Waals surface area contributed by atoms with Gasteiger partial charge in [-0.2, -0.15) is 0 Å². The Hall–Kier alpha value is -0.120. The maximum absolute atomic E-state index is 9.25. The zero-order valence-electron chi connectivity index (χ0n) is 9.67. The van der Waals surface area contributed by atoms with Gasteiger partial charge in [-0.1, -0.05) is 12.8 Å². The molecular formula is C12H23NO2. The van der Waals surface area contributed by atoms with E-state index in [1.807, 2.05) is 6.92 Å². The molecule has 2 atom stereocenters. The van der Waals surface area contributed by atoms with Gasteiger partial charge in [0.1, 0.15) is 0 Å². The van der Waals surface area contributed by atoms with E-state index in [4.69, 9.17) is 4.74 Å². The number of hydrogen-bond acceptors (Lipinski definition) is 3. The molecule has 0 aromatic carbocycles. The van der Waals surface area contributed by atoms with Gasteiger partial charge in [0.25, 0.3) is 0 Å². The van der Waals surface area contributed by atoms with Crippen molar-refractivity contribution < 1.29 is 9.84 Å². The first kappa shape index (κ1) is 11.4. The molecule has 1 aliphatic heterocycles. The Morgan fingerprint density at radius 1 is 1.47 bits per heavy atom. The second kappa shape index (κ2) is 4.81. The first-order valence-corrected chi connectivity index (χ1v) is 6.26. The summed E-state index contributed by atoms with van der Waals surface area (Å²) >= 11 is 0. The van der Waals surface area contributed by atoms with Crippen LogP contribution in [0.3, 0.4) is 0 Å². The summed E-state index contributed by atoms with van der Waals surface area (Å²) in [5.74, 6) is 0. The molecule has 3 nitrogen and oxygen atoms in total. The van der Waals surface area contributed by atoms with Crippen molar-refractivity contribution in [3.05, 3.63) is 0 Å². The van der Waals surface area contributed by atoms with Gasteiger partial charge in [0.2, 0.25) is 0 Å². The Morgan fingerprint density at radius 3 is 2.87 bits per heavy atom. The van der Waals surface area contributed by atoms with E-state index < -0.39 is 0 Å². The summed E-state index contributed by atoms with van der Waals surface area (Å²) in [7, 11) is 0. The zero-order valence-corrected chi connectivity index (χ0v) is 9.67. The number of aliphatic hydroxyl groups excluding tert-OH is 1. The second-order valence-corrected chi connectivity index (χ2v) is 5.19. The van der Waals surface area contributed by atoms with Gasteiger partial charge in [-0.15, -0.1) is 0 Å². The Balaban J connectivity index is 1.81. The van der Waals surface area contributed by atoms with E-state index in [0.29, 0.717) is 12.6 Å². The van der Waals surface area contributed by atoms with Crippen LogP contribution in [0.1, 0.15) is 45.4 Å². The third-order valence-corrected chi connectivity index (χ3v) is 3.71. The molecule has 0 aromatic heterocycles. The highest BCUT2D eigenvalue weighted by Gasteiger charge is 2.39. The van der Waals surface area contributed by atoms with Crippen LogP contribution in [0.5, 0.6) is 0 Å². The lowest BCUT2D eigenvalue weighted by atomic mass is 9.89. The lowest BCUT2D eigenvalue weighted by Crippen LogP contribution is -2.47. The van der Waals surface area contributed by atoms with Gasteiger partial charge in [-0.05, 0) is 32.6 Å². The average Bonchev–Trinajstić information content (AvgIpc) is 2.63. The lowest BCUT2D eigenvalue weighted by molar-refractivity contribution is -0.0842. The summed E-state index contributed by atoms with van der Waals surface area (Å²) in [5, 5.41) is 12.7. The standard InChI is InChI=1S/C12H23NO2/c1-10(14)9-13-11-4-7-15-12(8-11)5-2-3-6-12/h10-11,13-14H,2-9H2,1H3. The van der Waals surface area contributed by atoms with Crippen molar-refractivity contribution in [3.8, 4) is 0 Å². The fraction of sp³-hybridized carbons (Fsp3) is 1.00. The lowest BCUT2D eigenvalue weighted by Gasteiger charge is -2.38. The Kier molecular flexibility index (Phi) is 3.65. The van der Waals surface area contributed by atoms with Gasteiger partial charge in [0.05, 0.1) is 11.7 Å². The largest absolute Gasteiger partial charge is 0.392 e. The van der Waals surface area contributed by atoms with E-state index in [1.54, 1.807) is 0 Å².